The van der Waals surface area contributed by atoms with Gasteiger partial charge in [0, 0.05) is 17.5 Å². The Morgan fingerprint density at radius 2 is 2.17 bits per heavy atom. The largest absolute Gasteiger partial charge is 0.469 e. The molecule has 1 aromatic heterocycles. The highest BCUT2D eigenvalue weighted by molar-refractivity contribution is 9.10. The summed E-state index contributed by atoms with van der Waals surface area (Å²) in [6.07, 6.45) is 2.32. The van der Waals surface area contributed by atoms with Gasteiger partial charge >= 0.3 is 0 Å². The maximum atomic E-state index is 14.1. The molecule has 3 nitrogen and oxygen atoms in total. The van der Waals surface area contributed by atoms with Gasteiger partial charge in [-0.25, -0.2) is 9.82 Å². The molecule has 18 heavy (non-hydrogen) atoms. The SMILES string of the molecule is CCc1occc1C(NN)c1cccc(Br)c1F. The summed E-state index contributed by atoms with van der Waals surface area (Å²) in [7, 11) is 0. The highest BCUT2D eigenvalue weighted by Crippen LogP contribution is 2.30. The Morgan fingerprint density at radius 1 is 1.39 bits per heavy atom. The number of halogens is 2. The first-order chi connectivity index (χ1) is 8.69. The van der Waals surface area contributed by atoms with Gasteiger partial charge in [0.1, 0.15) is 11.6 Å². The molecular formula is C13H14BrFN2O. The first kappa shape index (κ1) is 13.3. The van der Waals surface area contributed by atoms with Crippen LogP contribution in [-0.2, 0) is 6.42 Å². The predicted octanol–water partition coefficient (Wildman–Crippen LogP) is 3.30. The van der Waals surface area contributed by atoms with Gasteiger partial charge in [0.15, 0.2) is 0 Å². The molecule has 2 aromatic rings. The van der Waals surface area contributed by atoms with Gasteiger partial charge in [-0.1, -0.05) is 19.1 Å². The second kappa shape index (κ2) is 5.65. The van der Waals surface area contributed by atoms with Gasteiger partial charge in [-0.15, -0.1) is 0 Å². The molecule has 0 saturated carbocycles. The zero-order chi connectivity index (χ0) is 13.1. The summed E-state index contributed by atoms with van der Waals surface area (Å²) in [4.78, 5) is 0. The average Bonchev–Trinajstić information content (AvgIpc) is 2.83. The molecule has 0 aliphatic carbocycles. The lowest BCUT2D eigenvalue weighted by molar-refractivity contribution is 0.497. The number of hydrogen-bond donors (Lipinski definition) is 2. The van der Waals surface area contributed by atoms with Crippen LogP contribution in [0.25, 0.3) is 0 Å². The van der Waals surface area contributed by atoms with E-state index >= 15 is 0 Å². The van der Waals surface area contributed by atoms with Crippen molar-refractivity contribution in [1.82, 2.24) is 5.43 Å². The third-order valence-electron chi connectivity index (χ3n) is 2.87. The number of hydrogen-bond acceptors (Lipinski definition) is 3. The van der Waals surface area contributed by atoms with E-state index < -0.39 is 6.04 Å². The van der Waals surface area contributed by atoms with Gasteiger partial charge < -0.3 is 4.42 Å². The molecule has 1 unspecified atom stereocenters. The van der Waals surface area contributed by atoms with E-state index in [2.05, 4.69) is 21.4 Å². The summed E-state index contributed by atoms with van der Waals surface area (Å²) in [5, 5.41) is 0. The maximum absolute atomic E-state index is 14.1. The highest BCUT2D eigenvalue weighted by Gasteiger charge is 2.21. The van der Waals surface area contributed by atoms with Gasteiger partial charge in [-0.3, -0.25) is 5.84 Å². The van der Waals surface area contributed by atoms with Gasteiger partial charge in [0.25, 0.3) is 0 Å². The number of rotatable bonds is 4. The Bertz CT molecular complexity index is 542. The number of nitrogens with two attached hydrogens (primary N) is 1. The molecule has 0 bridgehead atoms. The molecule has 0 fully saturated rings. The molecule has 1 atom stereocenters. The molecule has 0 amide bonds. The summed E-state index contributed by atoms with van der Waals surface area (Å²) in [5.74, 6) is 6.05. The van der Waals surface area contributed by atoms with Gasteiger partial charge in [-0.05, 0) is 28.1 Å². The Morgan fingerprint density at radius 3 is 2.83 bits per heavy atom. The summed E-state index contributed by atoms with van der Waals surface area (Å²) in [5.41, 5.74) is 3.99. The lowest BCUT2D eigenvalue weighted by Crippen LogP contribution is -2.30. The average molecular weight is 313 g/mol. The van der Waals surface area contributed by atoms with E-state index in [1.807, 2.05) is 13.0 Å². The quantitative estimate of drug-likeness (QED) is 0.673. The molecule has 5 heteroatoms. The Labute approximate surface area is 113 Å². The van der Waals surface area contributed by atoms with Gasteiger partial charge in [0.2, 0.25) is 0 Å². The third-order valence-corrected chi connectivity index (χ3v) is 3.48. The number of aryl methyl sites for hydroxylation is 1. The fourth-order valence-corrected chi connectivity index (χ4v) is 2.37. The number of nitrogens with one attached hydrogen (secondary N) is 1. The minimum absolute atomic E-state index is 0.316. The van der Waals surface area contributed by atoms with Crippen LogP contribution in [0.2, 0.25) is 0 Å². The molecule has 96 valence electrons. The van der Waals surface area contributed by atoms with Crippen molar-refractivity contribution in [3.63, 3.8) is 0 Å². The van der Waals surface area contributed by atoms with E-state index in [4.69, 9.17) is 10.3 Å². The van der Waals surface area contributed by atoms with E-state index in [0.29, 0.717) is 10.0 Å². The summed E-state index contributed by atoms with van der Waals surface area (Å²) < 4.78 is 19.9. The molecule has 0 saturated heterocycles. The van der Waals surface area contributed by atoms with Crippen LogP contribution in [0.3, 0.4) is 0 Å². The first-order valence-electron chi connectivity index (χ1n) is 5.65. The highest BCUT2D eigenvalue weighted by atomic mass is 79.9. The molecule has 1 aromatic carbocycles. The van der Waals surface area contributed by atoms with Crippen LogP contribution in [-0.4, -0.2) is 0 Å². The molecule has 0 spiro atoms. The van der Waals surface area contributed by atoms with E-state index in [9.17, 15) is 4.39 Å². The lowest BCUT2D eigenvalue weighted by Gasteiger charge is -2.17. The molecule has 1 heterocycles. The van der Waals surface area contributed by atoms with E-state index in [0.717, 1.165) is 17.7 Å². The van der Waals surface area contributed by atoms with Crippen molar-refractivity contribution in [3.8, 4) is 0 Å². The summed E-state index contributed by atoms with van der Waals surface area (Å²) in [6.45, 7) is 1.98. The summed E-state index contributed by atoms with van der Waals surface area (Å²) >= 11 is 3.18. The first-order valence-corrected chi connectivity index (χ1v) is 6.44. The van der Waals surface area contributed by atoms with Crippen molar-refractivity contribution >= 4 is 15.9 Å². The lowest BCUT2D eigenvalue weighted by atomic mass is 9.98. The molecule has 3 N–H and O–H groups in total. The molecule has 0 radical (unpaired) electrons. The minimum Gasteiger partial charge on any atom is -0.469 e. The van der Waals surface area contributed by atoms with Crippen LogP contribution < -0.4 is 11.3 Å². The number of benzene rings is 1. The van der Waals surface area contributed by atoms with Crippen LogP contribution in [0.15, 0.2) is 39.4 Å². The normalized spacial score (nSPS) is 12.7. The van der Waals surface area contributed by atoms with Gasteiger partial charge in [-0.2, -0.15) is 0 Å². The van der Waals surface area contributed by atoms with Crippen molar-refractivity contribution < 1.29 is 8.81 Å². The standard InChI is InChI=1S/C13H14BrFN2O/c1-2-11-8(6-7-18-11)13(17-16)9-4-3-5-10(14)12(9)15/h3-7,13,17H,2,16H2,1H3. The molecule has 2 rings (SSSR count). The van der Waals surface area contributed by atoms with Crippen LogP contribution in [0.1, 0.15) is 29.9 Å². The minimum atomic E-state index is -0.420. The van der Waals surface area contributed by atoms with Crippen molar-refractivity contribution in [2.45, 2.75) is 19.4 Å². The smallest absolute Gasteiger partial charge is 0.142 e. The van der Waals surface area contributed by atoms with E-state index in [-0.39, 0.29) is 5.82 Å². The number of hydrazine groups is 1. The molecule has 0 aliphatic heterocycles. The second-order valence-electron chi connectivity index (χ2n) is 3.90. The van der Waals surface area contributed by atoms with Crippen LogP contribution in [0.5, 0.6) is 0 Å². The fraction of sp³-hybridized carbons (Fsp3) is 0.231. The second-order valence-corrected chi connectivity index (χ2v) is 4.75. The fourth-order valence-electron chi connectivity index (χ4n) is 1.99. The molecular weight excluding hydrogens is 299 g/mol. The van der Waals surface area contributed by atoms with Crippen molar-refractivity contribution in [2.24, 2.45) is 5.84 Å². The van der Waals surface area contributed by atoms with E-state index in [1.54, 1.807) is 24.5 Å². The Hall–Kier alpha value is -1.17. The zero-order valence-corrected chi connectivity index (χ0v) is 11.5. The Balaban J connectivity index is 2.49. The van der Waals surface area contributed by atoms with E-state index in [1.165, 1.54) is 0 Å². The number of furan rings is 1. The monoisotopic (exact) mass is 312 g/mol. The van der Waals surface area contributed by atoms with Crippen molar-refractivity contribution in [2.75, 3.05) is 0 Å². The maximum Gasteiger partial charge on any atom is 0.142 e. The van der Waals surface area contributed by atoms with Crippen LogP contribution >= 0.6 is 15.9 Å². The van der Waals surface area contributed by atoms with Crippen LogP contribution in [0.4, 0.5) is 4.39 Å². The zero-order valence-electron chi connectivity index (χ0n) is 9.91. The Kier molecular flexibility index (Phi) is 4.16. The topological polar surface area (TPSA) is 51.2 Å². The molecule has 0 aliphatic rings. The summed E-state index contributed by atoms with van der Waals surface area (Å²) in [6, 6.07) is 6.53. The van der Waals surface area contributed by atoms with Crippen molar-refractivity contribution in [1.29, 1.82) is 0 Å². The predicted molar refractivity (Wildman–Crippen MR) is 71.4 cm³/mol. The van der Waals surface area contributed by atoms with Gasteiger partial charge in [0.05, 0.1) is 16.8 Å². The van der Waals surface area contributed by atoms with Crippen molar-refractivity contribution in [3.05, 3.63) is 57.7 Å². The van der Waals surface area contributed by atoms with Crippen LogP contribution in [0, 0.1) is 5.82 Å². The third kappa shape index (κ3) is 2.34.